The molecule has 2 N–H and O–H groups in total. The summed E-state index contributed by atoms with van der Waals surface area (Å²) in [6.07, 6.45) is 6.35. The smallest absolute Gasteiger partial charge is 0.247 e. The highest BCUT2D eigenvalue weighted by Gasteiger charge is 2.15. The molecule has 0 atom stereocenters. The van der Waals surface area contributed by atoms with Crippen LogP contribution in [0, 0.1) is 0 Å². The van der Waals surface area contributed by atoms with Crippen molar-refractivity contribution in [2.45, 2.75) is 0 Å². The first kappa shape index (κ1) is 12.5. The number of hydrogen-bond acceptors (Lipinski definition) is 6. The Morgan fingerprint density at radius 2 is 1.91 bits per heavy atom. The Morgan fingerprint density at radius 1 is 0.955 bits per heavy atom. The third-order valence-corrected chi connectivity index (χ3v) is 3.30. The zero-order valence-corrected chi connectivity index (χ0v) is 11.5. The molecule has 0 radical (unpaired) electrons. The number of rotatable bonds is 2. The van der Waals surface area contributed by atoms with E-state index in [1.54, 1.807) is 12.4 Å². The van der Waals surface area contributed by atoms with Crippen LogP contribution < -0.4 is 5.73 Å². The monoisotopic (exact) mass is 289 g/mol. The molecule has 0 bridgehead atoms. The number of anilines is 1. The number of fused-ring (bicyclic) bond motifs is 1. The lowest BCUT2D eigenvalue weighted by Gasteiger charge is -2.07. The van der Waals surface area contributed by atoms with Crippen molar-refractivity contribution in [1.29, 1.82) is 0 Å². The minimum atomic E-state index is 0.319. The van der Waals surface area contributed by atoms with Crippen molar-refractivity contribution in [3.63, 3.8) is 0 Å². The average molecular weight is 289 g/mol. The van der Waals surface area contributed by atoms with E-state index in [-0.39, 0.29) is 0 Å². The van der Waals surface area contributed by atoms with Crippen molar-refractivity contribution >= 4 is 16.7 Å². The number of oxazole rings is 1. The number of hydrogen-bond donors (Lipinski definition) is 1. The van der Waals surface area contributed by atoms with Gasteiger partial charge < -0.3 is 10.2 Å². The van der Waals surface area contributed by atoms with Gasteiger partial charge in [-0.05, 0) is 18.2 Å². The van der Waals surface area contributed by atoms with Crippen molar-refractivity contribution in [2.24, 2.45) is 0 Å². The van der Waals surface area contributed by atoms with Crippen LogP contribution >= 0.6 is 0 Å². The Hall–Kier alpha value is -3.28. The molecular weight excluding hydrogens is 278 g/mol. The minimum Gasteiger partial charge on any atom is -0.443 e. The summed E-state index contributed by atoms with van der Waals surface area (Å²) in [5, 5.41) is 1.02. The third kappa shape index (κ3) is 2.07. The van der Waals surface area contributed by atoms with E-state index in [1.165, 1.54) is 12.5 Å². The lowest BCUT2D eigenvalue weighted by Crippen LogP contribution is -1.98. The third-order valence-electron chi connectivity index (χ3n) is 3.30. The molecule has 0 amide bonds. The standard InChI is InChI=1S/C16H11N5O/c17-13-9-20-14(15(21-13)16-19-6-7-22-16)11-3-4-12-10(8-11)2-1-5-18-12/h1-9H,(H2,17,21). The van der Waals surface area contributed by atoms with Crippen molar-refractivity contribution in [3.8, 4) is 22.8 Å². The second-order valence-electron chi connectivity index (χ2n) is 4.74. The Labute approximate surface area is 125 Å². The molecule has 0 aliphatic rings. The van der Waals surface area contributed by atoms with E-state index in [4.69, 9.17) is 10.2 Å². The van der Waals surface area contributed by atoms with Gasteiger partial charge in [-0.3, -0.25) is 4.98 Å². The zero-order chi connectivity index (χ0) is 14.9. The largest absolute Gasteiger partial charge is 0.443 e. The highest BCUT2D eigenvalue weighted by molar-refractivity contribution is 5.86. The van der Waals surface area contributed by atoms with Gasteiger partial charge in [0, 0.05) is 17.1 Å². The van der Waals surface area contributed by atoms with Crippen LogP contribution in [0.15, 0.2) is 59.6 Å². The van der Waals surface area contributed by atoms with Gasteiger partial charge in [-0.2, -0.15) is 0 Å². The van der Waals surface area contributed by atoms with E-state index in [0.29, 0.717) is 23.1 Å². The van der Waals surface area contributed by atoms with Gasteiger partial charge >= 0.3 is 0 Å². The van der Waals surface area contributed by atoms with Gasteiger partial charge in [0.1, 0.15) is 17.8 Å². The fourth-order valence-corrected chi connectivity index (χ4v) is 2.33. The molecule has 0 saturated heterocycles. The van der Waals surface area contributed by atoms with E-state index in [9.17, 15) is 0 Å². The molecule has 4 rings (SSSR count). The number of nitrogen functional groups attached to an aromatic ring is 1. The van der Waals surface area contributed by atoms with Crippen LogP contribution in [0.1, 0.15) is 0 Å². The highest BCUT2D eigenvalue weighted by atomic mass is 16.3. The van der Waals surface area contributed by atoms with Gasteiger partial charge in [-0.15, -0.1) is 0 Å². The van der Waals surface area contributed by atoms with E-state index < -0.39 is 0 Å². The fourth-order valence-electron chi connectivity index (χ4n) is 2.33. The van der Waals surface area contributed by atoms with Gasteiger partial charge in [0.2, 0.25) is 5.89 Å². The number of benzene rings is 1. The van der Waals surface area contributed by atoms with Crippen molar-refractivity contribution in [3.05, 3.63) is 55.2 Å². The van der Waals surface area contributed by atoms with Crippen molar-refractivity contribution in [1.82, 2.24) is 19.9 Å². The van der Waals surface area contributed by atoms with Crippen molar-refractivity contribution in [2.75, 3.05) is 5.73 Å². The molecule has 1 aromatic carbocycles. The molecule has 22 heavy (non-hydrogen) atoms. The summed E-state index contributed by atoms with van der Waals surface area (Å²) in [5.74, 6) is 0.709. The molecule has 3 heterocycles. The number of aromatic nitrogens is 4. The van der Waals surface area contributed by atoms with Crippen LogP contribution in [-0.4, -0.2) is 19.9 Å². The minimum absolute atomic E-state index is 0.319. The maximum Gasteiger partial charge on any atom is 0.247 e. The maximum atomic E-state index is 5.75. The van der Waals surface area contributed by atoms with E-state index in [0.717, 1.165) is 16.5 Å². The van der Waals surface area contributed by atoms with Crippen LogP contribution in [0.25, 0.3) is 33.7 Å². The molecular formula is C16H11N5O. The fraction of sp³-hybridized carbons (Fsp3) is 0. The Bertz CT molecular complexity index is 950. The quantitative estimate of drug-likeness (QED) is 0.610. The van der Waals surface area contributed by atoms with Crippen LogP contribution in [0.3, 0.4) is 0 Å². The normalized spacial score (nSPS) is 10.9. The topological polar surface area (TPSA) is 90.7 Å². The molecule has 0 fully saturated rings. The summed E-state index contributed by atoms with van der Waals surface area (Å²) < 4.78 is 5.34. The summed E-state index contributed by atoms with van der Waals surface area (Å²) in [6, 6.07) is 9.80. The molecule has 0 saturated carbocycles. The van der Waals surface area contributed by atoms with Crippen molar-refractivity contribution < 1.29 is 4.42 Å². The van der Waals surface area contributed by atoms with Gasteiger partial charge in [0.05, 0.1) is 17.9 Å². The van der Waals surface area contributed by atoms with E-state index in [1.807, 2.05) is 30.3 Å². The molecule has 0 aliphatic heterocycles. The first-order valence-corrected chi connectivity index (χ1v) is 6.69. The van der Waals surface area contributed by atoms with E-state index >= 15 is 0 Å². The van der Waals surface area contributed by atoms with Gasteiger partial charge in [-0.25, -0.2) is 15.0 Å². The molecule has 0 aliphatic carbocycles. The molecule has 6 heteroatoms. The van der Waals surface area contributed by atoms with Gasteiger partial charge in [0.25, 0.3) is 0 Å². The van der Waals surface area contributed by atoms with Crippen LogP contribution in [0.5, 0.6) is 0 Å². The highest BCUT2D eigenvalue weighted by Crippen LogP contribution is 2.30. The predicted molar refractivity (Wildman–Crippen MR) is 82.7 cm³/mol. The van der Waals surface area contributed by atoms with Crippen LogP contribution in [0.4, 0.5) is 5.82 Å². The number of pyridine rings is 1. The first-order valence-electron chi connectivity index (χ1n) is 6.69. The Morgan fingerprint density at radius 3 is 2.77 bits per heavy atom. The number of nitrogens with two attached hydrogens (primary N) is 1. The summed E-state index contributed by atoms with van der Waals surface area (Å²) >= 11 is 0. The Balaban J connectivity index is 1.94. The first-order chi connectivity index (χ1) is 10.8. The lowest BCUT2D eigenvalue weighted by atomic mass is 10.1. The lowest BCUT2D eigenvalue weighted by molar-refractivity contribution is 0.572. The van der Waals surface area contributed by atoms with Gasteiger partial charge in [-0.1, -0.05) is 12.1 Å². The second kappa shape index (κ2) is 4.92. The maximum absolute atomic E-state index is 5.75. The summed E-state index contributed by atoms with van der Waals surface area (Å²) in [5.41, 5.74) is 8.77. The summed E-state index contributed by atoms with van der Waals surface area (Å²) in [7, 11) is 0. The molecule has 0 unspecified atom stereocenters. The SMILES string of the molecule is Nc1cnc(-c2ccc3ncccc3c2)c(-c2ncco2)n1. The molecule has 106 valence electrons. The second-order valence-corrected chi connectivity index (χ2v) is 4.74. The van der Waals surface area contributed by atoms with Crippen LogP contribution in [0.2, 0.25) is 0 Å². The average Bonchev–Trinajstić information content (AvgIpc) is 3.09. The Kier molecular flexibility index (Phi) is 2.79. The summed E-state index contributed by atoms with van der Waals surface area (Å²) in [4.78, 5) is 17.2. The molecule has 6 nitrogen and oxygen atoms in total. The zero-order valence-electron chi connectivity index (χ0n) is 11.5. The predicted octanol–water partition coefficient (Wildman–Crippen LogP) is 2.93. The molecule has 4 aromatic rings. The van der Waals surface area contributed by atoms with E-state index in [2.05, 4.69) is 19.9 Å². The molecule has 3 aromatic heterocycles. The van der Waals surface area contributed by atoms with Gasteiger partial charge in [0.15, 0.2) is 5.69 Å². The molecule has 0 spiro atoms. The summed E-state index contributed by atoms with van der Waals surface area (Å²) in [6.45, 7) is 0. The van der Waals surface area contributed by atoms with Crippen LogP contribution in [-0.2, 0) is 0 Å². The number of nitrogens with zero attached hydrogens (tertiary/aromatic N) is 4.